The molecule has 2 heterocycles. The van der Waals surface area contributed by atoms with Crippen LogP contribution in [0.5, 0.6) is 0 Å². The van der Waals surface area contributed by atoms with Crippen molar-refractivity contribution in [3.05, 3.63) is 0 Å². The zero-order valence-corrected chi connectivity index (χ0v) is 23.3. The molecule has 7 fully saturated rings. The van der Waals surface area contributed by atoms with Crippen molar-refractivity contribution in [1.82, 2.24) is 0 Å². The van der Waals surface area contributed by atoms with E-state index in [2.05, 4.69) is 34.6 Å². The lowest BCUT2D eigenvalue weighted by Crippen LogP contribution is -2.60. The average molecular weight is 505 g/mol. The summed E-state index contributed by atoms with van der Waals surface area (Å²) in [6.07, 6.45) is 4.37. The minimum absolute atomic E-state index is 0.0706. The molecule has 7 rings (SSSR count). The van der Waals surface area contributed by atoms with Crippen molar-refractivity contribution in [2.45, 2.75) is 135 Å². The van der Waals surface area contributed by atoms with Crippen LogP contribution in [0.15, 0.2) is 0 Å². The summed E-state index contributed by atoms with van der Waals surface area (Å²) in [5.41, 5.74) is -1.44. The van der Waals surface area contributed by atoms with Gasteiger partial charge in [-0.25, -0.2) is 0 Å². The molecular weight excluding hydrogens is 456 g/mol. The Hall–Kier alpha value is -0.240. The highest BCUT2D eigenvalue weighted by molar-refractivity contribution is 5.34. The van der Waals surface area contributed by atoms with Crippen LogP contribution in [-0.2, 0) is 9.47 Å². The van der Waals surface area contributed by atoms with E-state index in [4.69, 9.17) is 9.47 Å². The molecule has 7 aliphatic rings. The summed E-state index contributed by atoms with van der Waals surface area (Å²) in [7, 11) is 0. The zero-order chi connectivity index (χ0) is 26.1. The zero-order valence-electron chi connectivity index (χ0n) is 23.3. The lowest BCUT2D eigenvalue weighted by molar-refractivity contribution is -0.295. The molecule has 0 aromatic rings. The van der Waals surface area contributed by atoms with Gasteiger partial charge in [0.05, 0.1) is 17.8 Å². The second kappa shape index (κ2) is 6.55. The molecule has 0 radical (unpaired) electrons. The van der Waals surface area contributed by atoms with E-state index >= 15 is 0 Å². The predicted molar refractivity (Wildman–Crippen MR) is 134 cm³/mol. The maximum atomic E-state index is 12.5. The van der Waals surface area contributed by atoms with Gasteiger partial charge in [0.2, 0.25) is 0 Å². The largest absolute Gasteiger partial charge is 0.393 e. The van der Waals surface area contributed by atoms with Crippen molar-refractivity contribution in [1.29, 1.82) is 0 Å². The lowest BCUT2D eigenvalue weighted by Gasteiger charge is -2.63. The Kier molecular flexibility index (Phi) is 4.51. The highest BCUT2D eigenvalue weighted by atomic mass is 16.8. The minimum Gasteiger partial charge on any atom is -0.393 e. The van der Waals surface area contributed by atoms with Crippen LogP contribution in [-0.4, -0.2) is 62.3 Å². The molecule has 6 heteroatoms. The summed E-state index contributed by atoms with van der Waals surface area (Å²) in [6.45, 7) is 14.7. The number of hydrogen-bond donors (Lipinski definition) is 4. The van der Waals surface area contributed by atoms with Gasteiger partial charge in [-0.3, -0.25) is 0 Å². The van der Waals surface area contributed by atoms with Crippen molar-refractivity contribution >= 4 is 0 Å². The molecular formula is C30H48O6. The van der Waals surface area contributed by atoms with Gasteiger partial charge < -0.3 is 29.9 Å². The third-order valence-corrected chi connectivity index (χ3v) is 14.3. The summed E-state index contributed by atoms with van der Waals surface area (Å²) in [4.78, 5) is 0. The van der Waals surface area contributed by atoms with Gasteiger partial charge in [-0.15, -0.1) is 0 Å². The highest BCUT2D eigenvalue weighted by Crippen LogP contribution is 2.90. The Labute approximate surface area is 216 Å². The summed E-state index contributed by atoms with van der Waals surface area (Å²) < 4.78 is 13.3. The van der Waals surface area contributed by atoms with Crippen molar-refractivity contribution < 1.29 is 29.9 Å². The second-order valence-electron chi connectivity index (χ2n) is 16.0. The number of aliphatic hydroxyl groups is 4. The second-order valence-corrected chi connectivity index (χ2v) is 16.0. The number of fused-ring (bicyclic) bond motifs is 4. The first kappa shape index (κ1) is 24.8. The van der Waals surface area contributed by atoms with Gasteiger partial charge in [-0.2, -0.15) is 0 Å². The molecule has 36 heavy (non-hydrogen) atoms. The quantitative estimate of drug-likeness (QED) is 0.435. The number of aliphatic hydroxyl groups excluding tert-OH is 3. The Morgan fingerprint density at radius 2 is 1.47 bits per heavy atom. The third kappa shape index (κ3) is 2.29. The molecule has 0 aromatic heterocycles. The van der Waals surface area contributed by atoms with Crippen LogP contribution in [0, 0.1) is 50.7 Å². The molecule has 13 unspecified atom stereocenters. The third-order valence-electron chi connectivity index (χ3n) is 14.3. The molecule has 5 saturated carbocycles. The standard InChI is InChI=1S/C30H48O6/c1-15-19(32)20-22(25(4,5)34)36-30(35-20)21(15)26(6)12-13-29-14-28(29)11-10-18(31)24(2,3)16(28)8-9-17(29)27(26,7)23(30)33/h15-23,31-34H,8-14H2,1-7H3/t15?,16?,17?,18?,19?,20?,21?,22?,23-,26?,27?,28?,29?,30?/m1/s1. The Bertz CT molecular complexity index is 990. The van der Waals surface area contributed by atoms with Crippen molar-refractivity contribution in [2.24, 2.45) is 50.7 Å². The van der Waals surface area contributed by atoms with Gasteiger partial charge in [0.15, 0.2) is 5.79 Å². The number of rotatable bonds is 1. The van der Waals surface area contributed by atoms with Crippen LogP contribution in [0.4, 0.5) is 0 Å². The average Bonchev–Trinajstić information content (AvgIpc) is 3.27. The fraction of sp³-hybridized carbons (Fsp3) is 1.00. The van der Waals surface area contributed by atoms with Gasteiger partial charge >= 0.3 is 0 Å². The lowest BCUT2D eigenvalue weighted by atomic mass is 9.41. The fourth-order valence-electron chi connectivity index (χ4n) is 12.6. The van der Waals surface area contributed by atoms with Crippen molar-refractivity contribution in [3.8, 4) is 0 Å². The fourth-order valence-corrected chi connectivity index (χ4v) is 12.6. The molecule has 2 aliphatic heterocycles. The smallest absolute Gasteiger partial charge is 0.199 e. The number of hydrogen-bond acceptors (Lipinski definition) is 6. The molecule has 14 atom stereocenters. The minimum atomic E-state index is -1.19. The van der Waals surface area contributed by atoms with Crippen LogP contribution >= 0.6 is 0 Å². The summed E-state index contributed by atoms with van der Waals surface area (Å²) >= 11 is 0. The molecule has 5 aliphatic carbocycles. The molecule has 204 valence electrons. The van der Waals surface area contributed by atoms with Gasteiger partial charge in [0.25, 0.3) is 0 Å². The van der Waals surface area contributed by atoms with Crippen LogP contribution in [0.2, 0.25) is 0 Å². The van der Waals surface area contributed by atoms with Gasteiger partial charge in [0, 0.05) is 11.3 Å². The van der Waals surface area contributed by atoms with Gasteiger partial charge in [-0.05, 0) is 98.2 Å². The van der Waals surface area contributed by atoms with Crippen molar-refractivity contribution in [3.63, 3.8) is 0 Å². The van der Waals surface area contributed by atoms with Crippen LogP contribution < -0.4 is 0 Å². The van der Waals surface area contributed by atoms with Gasteiger partial charge in [-0.1, -0.05) is 34.6 Å². The first-order valence-corrected chi connectivity index (χ1v) is 14.7. The summed E-state index contributed by atoms with van der Waals surface area (Å²) in [5, 5.41) is 45.8. The van der Waals surface area contributed by atoms with E-state index in [1.165, 1.54) is 6.42 Å². The molecule has 0 aromatic carbocycles. The maximum Gasteiger partial charge on any atom is 0.199 e. The first-order chi connectivity index (χ1) is 16.5. The van der Waals surface area contributed by atoms with Crippen LogP contribution in [0.1, 0.15) is 93.4 Å². The monoisotopic (exact) mass is 504 g/mol. The molecule has 0 amide bonds. The van der Waals surface area contributed by atoms with E-state index in [9.17, 15) is 20.4 Å². The predicted octanol–water partition coefficient (Wildman–Crippen LogP) is 3.63. The van der Waals surface area contributed by atoms with Crippen molar-refractivity contribution in [2.75, 3.05) is 0 Å². The highest BCUT2D eigenvalue weighted by Gasteiger charge is 2.88. The Balaban J connectivity index is 1.34. The molecule has 4 N–H and O–H groups in total. The van der Waals surface area contributed by atoms with Crippen LogP contribution in [0.3, 0.4) is 0 Å². The normalized spacial score (nSPS) is 64.6. The van der Waals surface area contributed by atoms with Crippen LogP contribution in [0.25, 0.3) is 0 Å². The SMILES string of the molecule is CC1C(O)C2OC3(OC2C(C)(C)O)C1C1(C)CCC24CC25CCC(O)C(C)(C)C5CCC4C1(C)[C@H]3O. The maximum absolute atomic E-state index is 12.5. The molecule has 6 nitrogen and oxygen atoms in total. The van der Waals surface area contributed by atoms with Gasteiger partial charge in [0.1, 0.15) is 18.3 Å². The molecule has 2 bridgehead atoms. The van der Waals surface area contributed by atoms with E-state index in [0.717, 1.165) is 38.5 Å². The first-order valence-electron chi connectivity index (χ1n) is 14.7. The Morgan fingerprint density at radius 3 is 2.14 bits per heavy atom. The molecule has 2 saturated heterocycles. The number of ether oxygens (including phenoxy) is 2. The summed E-state index contributed by atoms with van der Waals surface area (Å²) in [5.74, 6) is -0.542. The van der Waals surface area contributed by atoms with E-state index < -0.39 is 41.2 Å². The van der Waals surface area contributed by atoms with E-state index in [1.807, 2.05) is 0 Å². The van der Waals surface area contributed by atoms with E-state index in [-0.39, 0.29) is 39.6 Å². The van der Waals surface area contributed by atoms with E-state index in [0.29, 0.717) is 11.8 Å². The van der Waals surface area contributed by atoms with E-state index in [1.54, 1.807) is 13.8 Å². The molecule has 3 spiro atoms. The summed E-state index contributed by atoms with van der Waals surface area (Å²) in [6, 6.07) is 0. The Morgan fingerprint density at radius 1 is 0.833 bits per heavy atom. The topological polar surface area (TPSA) is 99.4 Å².